The third-order valence-corrected chi connectivity index (χ3v) is 16.8. The fourth-order valence-electron chi connectivity index (χ4n) is 11.3. The minimum Gasteiger partial charge on any atom is -0.368 e. The molecule has 0 aromatic heterocycles. The smallest absolute Gasteiger partial charge is 0.230 e. The van der Waals surface area contributed by atoms with Gasteiger partial charge in [0, 0.05) is 97.6 Å². The number of nitrogens with one attached hydrogen (secondary N) is 2. The van der Waals surface area contributed by atoms with Crippen LogP contribution in [0.4, 0.5) is 34.1 Å². The topological polar surface area (TPSA) is 95.9 Å². The fraction of sp³-hybridized carbons (Fsp3) is 0.355. The molecule has 4 aliphatic rings. The summed E-state index contributed by atoms with van der Waals surface area (Å²) in [7, 11) is 0. The Morgan fingerprint density at radius 3 is 1.64 bits per heavy atom. The highest BCUT2D eigenvalue weighted by Crippen LogP contribution is 2.45. The van der Waals surface area contributed by atoms with Gasteiger partial charge in [-0.3, -0.25) is 29.4 Å². The first kappa shape index (κ1) is 51.2. The van der Waals surface area contributed by atoms with E-state index >= 15 is 0 Å². The largest absolute Gasteiger partial charge is 0.368 e. The van der Waals surface area contributed by atoms with Gasteiger partial charge in [0.2, 0.25) is 11.8 Å². The molecule has 2 N–H and O–H groups in total. The van der Waals surface area contributed by atoms with Crippen molar-refractivity contribution in [2.45, 2.75) is 79.8 Å². The third-order valence-electron chi connectivity index (χ3n) is 16.2. The molecule has 2 amide bonds. The average molecular weight is 1030 g/mol. The van der Waals surface area contributed by atoms with Crippen LogP contribution in [0.2, 0.25) is 10.0 Å². The normalized spacial score (nSPS) is 18.0. The van der Waals surface area contributed by atoms with Gasteiger partial charge in [0.1, 0.15) is 0 Å². The number of aliphatic imine (C=N–C) groups is 2. The number of piperazine rings is 2. The number of rotatable bonds is 12. The fourth-order valence-corrected chi connectivity index (χ4v) is 11.9. The summed E-state index contributed by atoms with van der Waals surface area (Å²) in [6.45, 7) is 20.9. The lowest BCUT2D eigenvalue weighted by molar-refractivity contribution is -0.124. The van der Waals surface area contributed by atoms with Crippen molar-refractivity contribution in [2.75, 3.05) is 72.8 Å². The van der Waals surface area contributed by atoms with Crippen molar-refractivity contribution in [3.63, 3.8) is 0 Å². The Morgan fingerprint density at radius 2 is 1.05 bits per heavy atom. The van der Waals surface area contributed by atoms with Gasteiger partial charge in [-0.2, -0.15) is 0 Å². The monoisotopic (exact) mass is 1030 g/mol. The number of amides is 2. The Kier molecular flexibility index (Phi) is 14.9. The highest BCUT2D eigenvalue weighted by Gasteiger charge is 2.35. The van der Waals surface area contributed by atoms with E-state index in [1.165, 1.54) is 27.8 Å². The Bertz CT molecular complexity index is 3160. The van der Waals surface area contributed by atoms with Gasteiger partial charge in [0.15, 0.2) is 0 Å². The molecule has 6 aromatic rings. The Hall–Kier alpha value is -6.30. The van der Waals surface area contributed by atoms with Crippen LogP contribution >= 0.6 is 23.2 Å². The Morgan fingerprint density at radius 1 is 0.568 bits per heavy atom. The summed E-state index contributed by atoms with van der Waals surface area (Å²) >= 11 is 13.9. The molecule has 6 aromatic carbocycles. The van der Waals surface area contributed by atoms with Crippen LogP contribution in [-0.4, -0.2) is 85.4 Å². The lowest BCUT2D eigenvalue weighted by Crippen LogP contribution is -2.48. The molecule has 4 aliphatic heterocycles. The van der Waals surface area contributed by atoms with Crippen molar-refractivity contribution >= 4 is 80.6 Å². The van der Waals surface area contributed by atoms with Crippen molar-refractivity contribution in [2.24, 2.45) is 21.3 Å². The second kappa shape index (κ2) is 21.5. The minimum atomic E-state index is -0.462. The number of para-hydroxylation sites is 1. The van der Waals surface area contributed by atoms with Crippen molar-refractivity contribution in [3.05, 3.63) is 165 Å². The van der Waals surface area contributed by atoms with Gasteiger partial charge in [-0.1, -0.05) is 125 Å². The molecular weight excluding hydrogens is 960 g/mol. The molecule has 0 radical (unpaired) electrons. The molecule has 0 spiro atoms. The minimum absolute atomic E-state index is 0.00917. The van der Waals surface area contributed by atoms with Gasteiger partial charge in [-0.15, -0.1) is 0 Å². The molecule has 0 saturated carbocycles. The van der Waals surface area contributed by atoms with Gasteiger partial charge in [0.25, 0.3) is 0 Å². The molecule has 2 saturated heterocycles. The lowest BCUT2D eigenvalue weighted by Gasteiger charge is -2.41. The second-order valence-corrected chi connectivity index (χ2v) is 21.8. The maximum Gasteiger partial charge on any atom is 0.230 e. The molecule has 0 bridgehead atoms. The predicted molar refractivity (Wildman–Crippen MR) is 308 cm³/mol. The quantitative estimate of drug-likeness (QED) is 0.127. The molecule has 2 unspecified atom stereocenters. The summed E-state index contributed by atoms with van der Waals surface area (Å²) in [5, 5.41) is 7.42. The van der Waals surface area contributed by atoms with Gasteiger partial charge >= 0.3 is 0 Å². The Balaban J connectivity index is 0.899. The van der Waals surface area contributed by atoms with Crippen molar-refractivity contribution in [1.82, 2.24) is 9.80 Å². The van der Waals surface area contributed by atoms with E-state index in [0.29, 0.717) is 15.7 Å². The summed E-state index contributed by atoms with van der Waals surface area (Å²) in [4.78, 5) is 46.4. The van der Waals surface area contributed by atoms with Crippen LogP contribution < -0.4 is 20.4 Å². The zero-order chi connectivity index (χ0) is 51.8. The zero-order valence-corrected chi connectivity index (χ0v) is 45.3. The number of fused-ring (bicyclic) bond motifs is 4. The van der Waals surface area contributed by atoms with Gasteiger partial charge < -0.3 is 20.4 Å². The summed E-state index contributed by atoms with van der Waals surface area (Å²) in [5.74, 6) is 0.0193. The predicted octanol–water partition coefficient (Wildman–Crippen LogP) is 14.1. The van der Waals surface area contributed by atoms with E-state index in [1.807, 2.05) is 71.0 Å². The molecule has 2 fully saturated rings. The van der Waals surface area contributed by atoms with Crippen molar-refractivity contribution in [1.29, 1.82) is 0 Å². The van der Waals surface area contributed by atoms with Crippen LogP contribution in [0.1, 0.15) is 113 Å². The number of anilines is 4. The maximum atomic E-state index is 12.9. The molecule has 10 rings (SSSR count). The molecule has 4 heterocycles. The van der Waals surface area contributed by atoms with Crippen LogP contribution in [0, 0.1) is 11.3 Å². The number of carbonyl (C=O) groups excluding carboxylic acids is 2. The van der Waals surface area contributed by atoms with Gasteiger partial charge in [0.05, 0.1) is 44.9 Å². The number of benzene rings is 6. The van der Waals surface area contributed by atoms with E-state index in [-0.39, 0.29) is 29.8 Å². The first-order valence-electron chi connectivity index (χ1n) is 26.5. The van der Waals surface area contributed by atoms with Gasteiger partial charge in [-0.25, -0.2) is 0 Å². The van der Waals surface area contributed by atoms with E-state index < -0.39 is 5.41 Å². The number of carbonyl (C=O) groups is 2. The number of halogens is 2. The summed E-state index contributed by atoms with van der Waals surface area (Å²) < 4.78 is 0. The first-order valence-corrected chi connectivity index (χ1v) is 27.3. The highest BCUT2D eigenvalue weighted by molar-refractivity contribution is 6.34. The highest BCUT2D eigenvalue weighted by atomic mass is 35.5. The maximum absolute atomic E-state index is 12.9. The van der Waals surface area contributed by atoms with Crippen molar-refractivity contribution < 1.29 is 9.59 Å². The third kappa shape index (κ3) is 10.1. The van der Waals surface area contributed by atoms with Crippen molar-refractivity contribution in [3.8, 4) is 11.1 Å². The summed E-state index contributed by atoms with van der Waals surface area (Å²) in [5.41, 5.74) is 16.4. The molecule has 10 nitrogen and oxygen atoms in total. The number of nitrogens with zero attached hydrogens (tertiary/aromatic N) is 6. The molecule has 12 heteroatoms. The van der Waals surface area contributed by atoms with E-state index in [2.05, 4.69) is 129 Å². The molecule has 2 atom stereocenters. The van der Waals surface area contributed by atoms with Crippen LogP contribution in [0.3, 0.4) is 0 Å². The van der Waals surface area contributed by atoms with Gasteiger partial charge in [-0.05, 0) is 121 Å². The second-order valence-electron chi connectivity index (χ2n) is 21.0. The zero-order valence-electron chi connectivity index (χ0n) is 43.8. The van der Waals surface area contributed by atoms with E-state index in [0.717, 1.165) is 128 Å². The van der Waals surface area contributed by atoms with Crippen LogP contribution in [0.5, 0.6) is 0 Å². The molecule has 382 valence electrons. The number of hydrogen-bond acceptors (Lipinski definition) is 8. The molecule has 0 aliphatic carbocycles. The lowest BCUT2D eigenvalue weighted by atomic mass is 9.88. The number of hydrogen-bond donors (Lipinski definition) is 2. The van der Waals surface area contributed by atoms with E-state index in [9.17, 15) is 9.59 Å². The average Bonchev–Trinajstić information content (AvgIpc) is 3.62. The molecular formula is C62H68Cl2N8O2. The Labute approximate surface area is 447 Å². The van der Waals surface area contributed by atoms with Crippen LogP contribution in [-0.2, 0) is 9.59 Å². The summed E-state index contributed by atoms with van der Waals surface area (Å²) in [6.07, 6.45) is 2.36. The van der Waals surface area contributed by atoms with E-state index in [4.69, 9.17) is 33.2 Å². The summed E-state index contributed by atoms with van der Waals surface area (Å²) in [6, 6.07) is 42.9. The SMILES string of the molecule is CCC(CC)C(=O)Nc1ccc(N2CCN(C3c4ccc(-c5ccc6c(c5)C(C)=Nc5ccccc5C6N5CCN(c6ccc(NC(=O)C(C)(C)CC)cc6Cl)CC5)cc4N=C(C)c4ccccc43)CC2)c(Cl)c1. The van der Waals surface area contributed by atoms with Crippen LogP contribution in [0.15, 0.2) is 131 Å². The first-order chi connectivity index (χ1) is 35.7. The standard InChI is InChI=1S/C62H68Cl2N8O2/c1-8-41(9-2)60(73)67-44-21-25-56(52(63)37-44)69-27-31-71(32-28-69)58-47-16-12-11-15-46(47)39(4)66-55-36-43(20-24-50(55)58)42-19-23-48-51(35-42)40(5)65-54-18-14-13-17-49(54)59(48)72-33-29-70(30-34-72)57-26-22-45(38-53(57)64)68-61(74)62(6,7)10-3/h11-26,35-38,41,58-59H,8-10,27-34H2,1-7H3,(H,67,73)(H,68,74). The van der Waals surface area contributed by atoms with Crippen LogP contribution in [0.25, 0.3) is 11.1 Å². The molecule has 74 heavy (non-hydrogen) atoms. The van der Waals surface area contributed by atoms with E-state index in [1.54, 1.807) is 0 Å².